The fourth-order valence-electron chi connectivity index (χ4n) is 5.46. The Kier molecular flexibility index (Phi) is 2.43. The number of anilines is 1. The van der Waals surface area contributed by atoms with Gasteiger partial charge in [-0.25, -0.2) is 0 Å². The molecule has 4 aliphatic carbocycles. The third-order valence-corrected chi connectivity index (χ3v) is 5.83. The summed E-state index contributed by atoms with van der Waals surface area (Å²) in [5, 5.41) is 6.80. The number of hydrogen-bond acceptors (Lipinski definition) is 4. The van der Waals surface area contributed by atoms with Crippen LogP contribution in [0, 0.1) is 23.2 Å². The molecule has 4 aliphatic rings. The molecule has 1 heterocycles. The average Bonchev–Trinajstić information content (AvgIpc) is 2.73. The van der Waals surface area contributed by atoms with Crippen LogP contribution in [0.1, 0.15) is 44.3 Å². The van der Waals surface area contributed by atoms with Crippen LogP contribution in [0.25, 0.3) is 0 Å². The van der Waals surface area contributed by atoms with Gasteiger partial charge in [-0.2, -0.15) is 4.98 Å². The van der Waals surface area contributed by atoms with Crippen LogP contribution < -0.4 is 11.5 Å². The molecule has 4 fully saturated rings. The minimum Gasteiger partial charge on any atom is -0.367 e. The predicted octanol–water partition coefficient (Wildman–Crippen LogP) is 1.47. The molecule has 19 heavy (non-hydrogen) atoms. The number of rotatable bonds is 3. The van der Waals surface area contributed by atoms with Crippen molar-refractivity contribution in [3.05, 3.63) is 5.82 Å². The van der Waals surface area contributed by atoms with Gasteiger partial charge in [0, 0.05) is 12.5 Å². The second-order valence-electron chi connectivity index (χ2n) is 7.23. The van der Waals surface area contributed by atoms with Gasteiger partial charge in [0.25, 0.3) is 0 Å². The van der Waals surface area contributed by atoms with E-state index in [2.05, 4.69) is 15.2 Å². The number of aromatic nitrogens is 3. The Morgan fingerprint density at radius 1 is 1.16 bits per heavy atom. The molecular formula is C14H23N5. The predicted molar refractivity (Wildman–Crippen MR) is 73.1 cm³/mol. The first-order valence-electron chi connectivity index (χ1n) is 7.55. The molecule has 104 valence electrons. The van der Waals surface area contributed by atoms with Crippen LogP contribution in [0.5, 0.6) is 0 Å². The Hall–Kier alpha value is -1.10. The smallest absolute Gasteiger partial charge is 0.239 e. The van der Waals surface area contributed by atoms with Crippen LogP contribution >= 0.6 is 0 Å². The number of hydrogen-bond donors (Lipinski definition) is 3. The highest BCUT2D eigenvalue weighted by Crippen LogP contribution is 2.61. The minimum atomic E-state index is 0.202. The monoisotopic (exact) mass is 261 g/mol. The lowest BCUT2D eigenvalue weighted by Gasteiger charge is -2.58. The summed E-state index contributed by atoms with van der Waals surface area (Å²) >= 11 is 0. The van der Waals surface area contributed by atoms with Crippen molar-refractivity contribution < 1.29 is 0 Å². The Labute approximate surface area is 113 Å². The zero-order valence-corrected chi connectivity index (χ0v) is 11.3. The molecule has 5 nitrogen and oxygen atoms in total. The normalized spacial score (nSPS) is 41.6. The molecule has 4 saturated carbocycles. The van der Waals surface area contributed by atoms with Crippen LogP contribution in [0.4, 0.5) is 5.95 Å². The van der Waals surface area contributed by atoms with Gasteiger partial charge in [-0.3, -0.25) is 5.10 Å². The van der Waals surface area contributed by atoms with Crippen LogP contribution in [-0.4, -0.2) is 21.2 Å². The van der Waals surface area contributed by atoms with Crippen molar-refractivity contribution in [1.29, 1.82) is 0 Å². The molecule has 5 rings (SSSR count). The highest BCUT2D eigenvalue weighted by Gasteiger charge is 2.53. The Balaban J connectivity index is 1.54. The zero-order valence-electron chi connectivity index (χ0n) is 11.3. The van der Waals surface area contributed by atoms with Gasteiger partial charge in [0.15, 0.2) is 0 Å². The van der Waals surface area contributed by atoms with E-state index in [1.165, 1.54) is 38.5 Å². The molecule has 1 atom stereocenters. The SMILES string of the molecule is Nc1n[nH]c(CC(N)C23CC4CC(CC(C4)C2)C3)n1. The van der Waals surface area contributed by atoms with Gasteiger partial charge in [0.1, 0.15) is 5.82 Å². The fourth-order valence-corrected chi connectivity index (χ4v) is 5.46. The molecule has 0 spiro atoms. The largest absolute Gasteiger partial charge is 0.367 e. The number of nitrogens with two attached hydrogens (primary N) is 2. The lowest BCUT2D eigenvalue weighted by Crippen LogP contribution is -2.55. The fraction of sp³-hybridized carbons (Fsp3) is 0.857. The summed E-state index contributed by atoms with van der Waals surface area (Å²) in [5.41, 5.74) is 12.5. The van der Waals surface area contributed by atoms with Crippen molar-refractivity contribution in [1.82, 2.24) is 15.2 Å². The van der Waals surface area contributed by atoms with E-state index in [9.17, 15) is 0 Å². The Bertz CT molecular complexity index is 445. The standard InChI is InChI=1S/C14H23N5/c15-11(4-12-17-13(16)19-18-12)14-5-8-1-9(6-14)3-10(2-8)7-14/h8-11H,1-7,15H2,(H3,16,17,18,19). The maximum absolute atomic E-state index is 6.59. The molecule has 0 aliphatic heterocycles. The summed E-state index contributed by atoms with van der Waals surface area (Å²) in [7, 11) is 0. The lowest BCUT2D eigenvalue weighted by atomic mass is 9.47. The molecule has 1 unspecified atom stereocenters. The summed E-state index contributed by atoms with van der Waals surface area (Å²) < 4.78 is 0. The average molecular weight is 261 g/mol. The van der Waals surface area contributed by atoms with E-state index >= 15 is 0 Å². The maximum Gasteiger partial charge on any atom is 0.239 e. The van der Waals surface area contributed by atoms with Gasteiger partial charge in [0.05, 0.1) is 0 Å². The Morgan fingerprint density at radius 2 is 1.74 bits per heavy atom. The van der Waals surface area contributed by atoms with Crippen LogP contribution in [0.15, 0.2) is 0 Å². The van der Waals surface area contributed by atoms with Gasteiger partial charge in [-0.1, -0.05) is 0 Å². The van der Waals surface area contributed by atoms with Crippen molar-refractivity contribution in [2.45, 2.75) is 51.0 Å². The first-order chi connectivity index (χ1) is 9.13. The summed E-state index contributed by atoms with van der Waals surface area (Å²) in [6, 6.07) is 0.202. The van der Waals surface area contributed by atoms with Crippen LogP contribution in [-0.2, 0) is 6.42 Å². The quantitative estimate of drug-likeness (QED) is 0.768. The highest BCUT2D eigenvalue weighted by molar-refractivity contribution is 5.14. The molecule has 0 aromatic carbocycles. The first-order valence-corrected chi connectivity index (χ1v) is 7.55. The Morgan fingerprint density at radius 3 is 2.21 bits per heavy atom. The highest BCUT2D eigenvalue weighted by atomic mass is 15.3. The van der Waals surface area contributed by atoms with E-state index < -0.39 is 0 Å². The molecule has 5 heteroatoms. The van der Waals surface area contributed by atoms with E-state index in [4.69, 9.17) is 11.5 Å². The number of aromatic amines is 1. The second kappa shape index (κ2) is 3.95. The molecule has 5 N–H and O–H groups in total. The van der Waals surface area contributed by atoms with Gasteiger partial charge >= 0.3 is 0 Å². The minimum absolute atomic E-state index is 0.202. The van der Waals surface area contributed by atoms with Crippen molar-refractivity contribution in [2.75, 3.05) is 5.73 Å². The molecule has 1 aromatic rings. The van der Waals surface area contributed by atoms with Crippen LogP contribution in [0.2, 0.25) is 0 Å². The second-order valence-corrected chi connectivity index (χ2v) is 7.23. The van der Waals surface area contributed by atoms with E-state index in [-0.39, 0.29) is 6.04 Å². The summed E-state index contributed by atoms with van der Waals surface area (Å²) in [5.74, 6) is 4.00. The van der Waals surface area contributed by atoms with Gasteiger partial charge in [-0.05, 0) is 61.7 Å². The number of nitrogens with one attached hydrogen (secondary N) is 1. The molecule has 1 aromatic heterocycles. The van der Waals surface area contributed by atoms with Crippen molar-refractivity contribution in [3.8, 4) is 0 Å². The van der Waals surface area contributed by atoms with Crippen molar-refractivity contribution in [3.63, 3.8) is 0 Å². The van der Waals surface area contributed by atoms with Crippen molar-refractivity contribution >= 4 is 5.95 Å². The van der Waals surface area contributed by atoms with E-state index in [0.717, 1.165) is 30.0 Å². The van der Waals surface area contributed by atoms with E-state index in [1.54, 1.807) is 0 Å². The molecular weight excluding hydrogens is 238 g/mol. The molecule has 0 saturated heterocycles. The maximum atomic E-state index is 6.59. The molecule has 4 bridgehead atoms. The number of nitrogen functional groups attached to an aromatic ring is 1. The third kappa shape index (κ3) is 1.86. The topological polar surface area (TPSA) is 93.6 Å². The summed E-state index contributed by atoms with van der Waals surface area (Å²) in [6.07, 6.45) is 9.18. The third-order valence-electron chi connectivity index (χ3n) is 5.83. The zero-order chi connectivity index (χ0) is 13.0. The van der Waals surface area contributed by atoms with Gasteiger partial charge in [0.2, 0.25) is 5.95 Å². The molecule has 0 amide bonds. The van der Waals surface area contributed by atoms with Crippen molar-refractivity contribution in [2.24, 2.45) is 28.9 Å². The van der Waals surface area contributed by atoms with Gasteiger partial charge < -0.3 is 11.5 Å². The summed E-state index contributed by atoms with van der Waals surface area (Å²) in [4.78, 5) is 4.21. The summed E-state index contributed by atoms with van der Waals surface area (Å²) in [6.45, 7) is 0. The van der Waals surface area contributed by atoms with E-state index in [0.29, 0.717) is 11.4 Å². The lowest BCUT2D eigenvalue weighted by molar-refractivity contribution is -0.0670. The van der Waals surface area contributed by atoms with Crippen LogP contribution in [0.3, 0.4) is 0 Å². The molecule has 0 radical (unpaired) electrons. The number of H-pyrrole nitrogens is 1. The number of nitrogens with zero attached hydrogens (tertiary/aromatic N) is 2. The van der Waals surface area contributed by atoms with Gasteiger partial charge in [-0.15, -0.1) is 5.10 Å². The first kappa shape index (κ1) is 11.7. The van der Waals surface area contributed by atoms with E-state index in [1.807, 2.05) is 0 Å².